The second-order valence-electron chi connectivity index (χ2n) is 11.6. The quantitative estimate of drug-likeness (QED) is 0.0792. The second-order valence-corrected chi connectivity index (χ2v) is 13.4. The van der Waals surface area contributed by atoms with Crippen molar-refractivity contribution < 1.29 is 39.6 Å². The number of benzene rings is 5. The van der Waals surface area contributed by atoms with Crippen molar-refractivity contribution in [1.29, 1.82) is 0 Å². The van der Waals surface area contributed by atoms with E-state index in [-0.39, 0.29) is 12.1 Å². The summed E-state index contributed by atoms with van der Waals surface area (Å²) >= 11 is 0. The number of nitrogens with zero attached hydrogens (tertiary/aromatic N) is 3. The van der Waals surface area contributed by atoms with Crippen molar-refractivity contribution in [1.82, 2.24) is 14.1 Å². The number of rotatable bonds is 8. The van der Waals surface area contributed by atoms with Gasteiger partial charge in [-0.05, 0) is 35.2 Å². The van der Waals surface area contributed by atoms with E-state index in [2.05, 4.69) is 5.32 Å². The molecular weight excluding hydrogens is 682 g/mol. The number of halogens is 6. The van der Waals surface area contributed by atoms with Crippen LogP contribution in [0.15, 0.2) is 114 Å². The molecule has 1 N–H and O–H groups in total. The molecule has 1 unspecified atom stereocenters. The summed E-state index contributed by atoms with van der Waals surface area (Å²) in [6.45, 7) is -0.470. The minimum absolute atomic E-state index is 0.179. The van der Waals surface area contributed by atoms with Crippen LogP contribution in [0.2, 0.25) is 0 Å². The topological polar surface area (TPSA) is 84.3 Å². The van der Waals surface area contributed by atoms with E-state index in [0.717, 1.165) is 22.8 Å². The molecule has 0 saturated carbocycles. The fourth-order valence-corrected chi connectivity index (χ4v) is 8.12. The number of fused-ring (bicyclic) bond motifs is 1. The van der Waals surface area contributed by atoms with Crippen LogP contribution in [0, 0.1) is 34.9 Å². The predicted molar refractivity (Wildman–Crippen MR) is 171 cm³/mol. The number of carbonyl (C=O) groups is 1. The Morgan fingerprint density at radius 2 is 1.20 bits per heavy atom. The van der Waals surface area contributed by atoms with E-state index in [1.807, 2.05) is 91.0 Å². The summed E-state index contributed by atoms with van der Waals surface area (Å²) in [6, 6.07) is 29.2. The zero-order valence-electron chi connectivity index (χ0n) is 25.6. The molecule has 50 heavy (non-hydrogen) atoms. The third-order valence-electron chi connectivity index (χ3n) is 8.82. The lowest BCUT2D eigenvalue weighted by molar-refractivity contribution is -0.122. The Labute approximate surface area is 281 Å². The molecule has 254 valence electrons. The molecule has 7 rings (SSSR count). The number of hydrogen-bond donors (Lipinski definition) is 1. The summed E-state index contributed by atoms with van der Waals surface area (Å²) in [7, 11) is -5.40. The van der Waals surface area contributed by atoms with Crippen LogP contribution >= 0.6 is 0 Å². The Balaban J connectivity index is 1.31. The summed E-state index contributed by atoms with van der Waals surface area (Å²) in [5.41, 5.74) is 1.31. The minimum Gasteiger partial charge on any atom is -0.322 e. The van der Waals surface area contributed by atoms with Gasteiger partial charge in [0, 0.05) is 11.9 Å². The van der Waals surface area contributed by atoms with Crippen LogP contribution in [0.1, 0.15) is 23.1 Å². The molecule has 1 aliphatic rings. The fourth-order valence-electron chi connectivity index (χ4n) is 6.37. The van der Waals surface area contributed by atoms with E-state index < -0.39 is 73.9 Å². The lowest BCUT2D eigenvalue weighted by Gasteiger charge is -2.38. The van der Waals surface area contributed by atoms with Crippen molar-refractivity contribution in [2.75, 3.05) is 11.9 Å². The van der Waals surface area contributed by atoms with E-state index in [4.69, 9.17) is 5.10 Å². The van der Waals surface area contributed by atoms with Crippen molar-refractivity contribution in [3.63, 3.8) is 0 Å². The van der Waals surface area contributed by atoms with Gasteiger partial charge in [0.1, 0.15) is 17.4 Å². The number of carbonyl (C=O) groups excluding carboxylic acids is 1. The fraction of sp³-hybridized carbons (Fsp3) is 0.111. The molecule has 5 aromatic carbocycles. The first kappa shape index (κ1) is 33.0. The first-order valence-corrected chi connectivity index (χ1v) is 16.6. The molecule has 1 aliphatic heterocycles. The van der Waals surface area contributed by atoms with Crippen LogP contribution in [-0.2, 0) is 20.4 Å². The Morgan fingerprint density at radius 1 is 0.720 bits per heavy atom. The third-order valence-corrected chi connectivity index (χ3v) is 10.7. The van der Waals surface area contributed by atoms with E-state index in [1.54, 1.807) is 4.68 Å². The van der Waals surface area contributed by atoms with Gasteiger partial charge in [-0.25, -0.2) is 39.4 Å². The number of nitrogens with one attached hydrogen (secondary N) is 1. The maximum Gasteiger partial charge on any atom is 0.249 e. The van der Waals surface area contributed by atoms with Gasteiger partial charge >= 0.3 is 0 Å². The Bertz CT molecular complexity index is 2250. The molecule has 0 aliphatic carbocycles. The van der Waals surface area contributed by atoms with Gasteiger partial charge in [0.15, 0.2) is 28.2 Å². The Kier molecular flexibility index (Phi) is 8.23. The van der Waals surface area contributed by atoms with Crippen LogP contribution in [0.25, 0.3) is 10.9 Å². The first-order valence-electron chi connectivity index (χ1n) is 15.2. The monoisotopic (exact) mass is 706 g/mol. The highest BCUT2D eigenvalue weighted by Gasteiger charge is 2.47. The number of sulfonamides is 1. The normalized spacial score (nSPS) is 15.2. The molecule has 7 nitrogen and oxygen atoms in total. The summed E-state index contributed by atoms with van der Waals surface area (Å²) in [5, 5.41) is 7.44. The van der Waals surface area contributed by atoms with E-state index in [9.17, 15) is 35.2 Å². The van der Waals surface area contributed by atoms with Crippen molar-refractivity contribution in [3.05, 3.63) is 161 Å². The smallest absolute Gasteiger partial charge is 0.249 e. The van der Waals surface area contributed by atoms with E-state index >= 15 is 4.39 Å². The average molecular weight is 707 g/mol. The SMILES string of the molecule is O=C(Nc1cc2c(cnn2C(c2ccccc2)(c2ccccc2)c2ccccc2)cc1F)C1CCN1S(=O)(=O)c1c(F)c(F)c(F)c(F)c1F. The molecule has 1 atom stereocenters. The molecule has 14 heteroatoms. The largest absolute Gasteiger partial charge is 0.322 e. The van der Waals surface area contributed by atoms with E-state index in [1.165, 1.54) is 12.3 Å². The molecule has 1 amide bonds. The summed E-state index contributed by atoms with van der Waals surface area (Å²) in [6.07, 6.45) is 1.29. The maximum absolute atomic E-state index is 15.6. The van der Waals surface area contributed by atoms with Gasteiger partial charge in [0.2, 0.25) is 21.7 Å². The summed E-state index contributed by atoms with van der Waals surface area (Å²) < 4.78 is 114. The molecule has 2 heterocycles. The lowest BCUT2D eigenvalue weighted by atomic mass is 9.77. The number of anilines is 1. The molecule has 0 bridgehead atoms. The van der Waals surface area contributed by atoms with Crippen molar-refractivity contribution in [3.8, 4) is 0 Å². The Hall–Kier alpha value is -5.47. The first-order chi connectivity index (χ1) is 24.0. The average Bonchev–Trinajstić information content (AvgIpc) is 3.50. The standard InChI is InChI=1S/C36H24F6N4O3S/c37-25-18-21-20-43-46(36(22-10-4-1-5-11-22,23-12-6-2-7-13-23)24-14-8-3-9-15-24)28(21)19-26(25)44-35(47)27-16-17-45(27)50(48,49)34-32(41)30(39)29(38)31(40)33(34)42/h1-15,18-20,27H,16-17H2,(H,44,47). The molecule has 0 spiro atoms. The molecule has 1 fully saturated rings. The second kappa shape index (κ2) is 12.4. The van der Waals surface area contributed by atoms with Crippen molar-refractivity contribution in [2.24, 2.45) is 0 Å². The number of amides is 1. The summed E-state index contributed by atoms with van der Waals surface area (Å²) in [5.74, 6) is -14.5. The molecule has 6 aromatic rings. The van der Waals surface area contributed by atoms with Crippen molar-refractivity contribution in [2.45, 2.75) is 22.9 Å². The van der Waals surface area contributed by atoms with Crippen LogP contribution in [-0.4, -0.2) is 41.0 Å². The number of aromatic nitrogens is 2. The molecule has 1 aromatic heterocycles. The van der Waals surface area contributed by atoms with Crippen molar-refractivity contribution >= 4 is 32.5 Å². The van der Waals surface area contributed by atoms with Crippen LogP contribution in [0.5, 0.6) is 0 Å². The van der Waals surface area contributed by atoms with Gasteiger partial charge in [-0.3, -0.25) is 4.79 Å². The zero-order chi connectivity index (χ0) is 35.4. The highest BCUT2D eigenvalue weighted by molar-refractivity contribution is 7.89. The third kappa shape index (κ3) is 5.05. The van der Waals surface area contributed by atoms with Gasteiger partial charge in [0.05, 0.1) is 17.4 Å². The zero-order valence-corrected chi connectivity index (χ0v) is 26.4. The van der Waals surface area contributed by atoms with Gasteiger partial charge in [-0.2, -0.15) is 9.40 Å². The van der Waals surface area contributed by atoms with E-state index in [0.29, 0.717) is 15.2 Å². The molecule has 0 radical (unpaired) electrons. The van der Waals surface area contributed by atoms with Gasteiger partial charge in [-0.1, -0.05) is 91.0 Å². The highest BCUT2D eigenvalue weighted by Crippen LogP contribution is 2.43. The molecule has 1 saturated heterocycles. The van der Waals surface area contributed by atoms with Gasteiger partial charge in [-0.15, -0.1) is 0 Å². The lowest BCUT2D eigenvalue weighted by Crippen LogP contribution is -2.57. The maximum atomic E-state index is 15.6. The summed E-state index contributed by atoms with van der Waals surface area (Å²) in [4.78, 5) is 11.3. The Morgan fingerprint density at radius 3 is 1.66 bits per heavy atom. The van der Waals surface area contributed by atoms with Gasteiger partial charge < -0.3 is 5.32 Å². The van der Waals surface area contributed by atoms with Crippen LogP contribution in [0.3, 0.4) is 0 Å². The molecular formula is C36H24F6N4O3S. The van der Waals surface area contributed by atoms with Gasteiger partial charge in [0.25, 0.3) is 0 Å². The highest BCUT2D eigenvalue weighted by atomic mass is 32.2. The van der Waals surface area contributed by atoms with Crippen LogP contribution in [0.4, 0.5) is 32.0 Å². The predicted octanol–water partition coefficient (Wildman–Crippen LogP) is 7.11. The number of hydrogen-bond acceptors (Lipinski definition) is 4. The minimum atomic E-state index is -5.40. The van der Waals surface area contributed by atoms with Crippen LogP contribution < -0.4 is 5.32 Å².